The molecule has 96 valence electrons. The van der Waals surface area contributed by atoms with Crippen molar-refractivity contribution in [1.82, 2.24) is 9.97 Å². The first kappa shape index (κ1) is 13.7. The van der Waals surface area contributed by atoms with Gasteiger partial charge in [-0.1, -0.05) is 20.3 Å². The molecular formula is C13H23N3O. The zero-order valence-corrected chi connectivity index (χ0v) is 11.3. The molecule has 1 aromatic rings. The lowest BCUT2D eigenvalue weighted by Crippen LogP contribution is -2.19. The zero-order chi connectivity index (χ0) is 12.7. The fraction of sp³-hybridized carbons (Fsp3) is 0.692. The molecule has 0 radical (unpaired) electrons. The van der Waals surface area contributed by atoms with Gasteiger partial charge in [0.2, 0.25) is 5.88 Å². The summed E-state index contributed by atoms with van der Waals surface area (Å²) < 4.78 is 5.46. The number of rotatable bonds is 7. The summed E-state index contributed by atoms with van der Waals surface area (Å²) in [5, 5.41) is 3.47. The Hall–Kier alpha value is -1.32. The highest BCUT2D eigenvalue weighted by Crippen LogP contribution is 2.22. The van der Waals surface area contributed by atoms with Crippen LogP contribution in [0.4, 0.5) is 5.82 Å². The van der Waals surface area contributed by atoms with E-state index in [4.69, 9.17) is 4.74 Å². The van der Waals surface area contributed by atoms with E-state index in [9.17, 15) is 0 Å². The van der Waals surface area contributed by atoms with E-state index in [-0.39, 0.29) is 0 Å². The Kier molecular flexibility index (Phi) is 5.73. The molecule has 4 nitrogen and oxygen atoms in total. The van der Waals surface area contributed by atoms with E-state index in [0.717, 1.165) is 24.2 Å². The van der Waals surface area contributed by atoms with Crippen molar-refractivity contribution in [3.8, 4) is 5.88 Å². The van der Waals surface area contributed by atoms with Gasteiger partial charge in [-0.15, -0.1) is 0 Å². The van der Waals surface area contributed by atoms with Gasteiger partial charge in [0.1, 0.15) is 12.1 Å². The van der Waals surface area contributed by atoms with Crippen molar-refractivity contribution in [3.05, 3.63) is 11.9 Å². The van der Waals surface area contributed by atoms with E-state index in [1.54, 1.807) is 6.33 Å². The van der Waals surface area contributed by atoms with Crippen LogP contribution in [0.5, 0.6) is 5.88 Å². The molecule has 1 atom stereocenters. The Balaban J connectivity index is 2.79. The fourth-order valence-electron chi connectivity index (χ4n) is 1.78. The summed E-state index contributed by atoms with van der Waals surface area (Å²) in [5.41, 5.74) is 0.990. The maximum absolute atomic E-state index is 5.46. The average molecular weight is 237 g/mol. The summed E-state index contributed by atoms with van der Waals surface area (Å²) in [6.45, 7) is 8.96. The molecule has 17 heavy (non-hydrogen) atoms. The number of nitrogens with one attached hydrogen (secondary N) is 1. The third-order valence-corrected chi connectivity index (χ3v) is 2.79. The minimum atomic E-state index is 0.475. The molecule has 0 saturated carbocycles. The van der Waals surface area contributed by atoms with E-state index >= 15 is 0 Å². The van der Waals surface area contributed by atoms with Crippen molar-refractivity contribution in [2.45, 2.75) is 53.0 Å². The smallest absolute Gasteiger partial charge is 0.221 e. The molecule has 1 rings (SSSR count). The van der Waals surface area contributed by atoms with Crippen LogP contribution in [0.15, 0.2) is 6.33 Å². The van der Waals surface area contributed by atoms with Gasteiger partial charge in [-0.05, 0) is 26.7 Å². The molecule has 1 unspecified atom stereocenters. The highest BCUT2D eigenvalue weighted by molar-refractivity contribution is 5.48. The number of ether oxygens (including phenoxy) is 1. The van der Waals surface area contributed by atoms with Gasteiger partial charge in [-0.25, -0.2) is 9.97 Å². The molecule has 0 aliphatic heterocycles. The van der Waals surface area contributed by atoms with Gasteiger partial charge in [-0.3, -0.25) is 0 Å². The molecule has 4 heteroatoms. The summed E-state index contributed by atoms with van der Waals surface area (Å²) in [4.78, 5) is 8.42. The monoisotopic (exact) mass is 237 g/mol. The van der Waals surface area contributed by atoms with Gasteiger partial charge in [-0.2, -0.15) is 0 Å². The molecule has 0 aliphatic carbocycles. The number of nitrogens with zero attached hydrogens (tertiary/aromatic N) is 2. The lowest BCUT2D eigenvalue weighted by Gasteiger charge is -2.18. The minimum absolute atomic E-state index is 0.475. The predicted molar refractivity (Wildman–Crippen MR) is 70.5 cm³/mol. The number of hydrogen-bond donors (Lipinski definition) is 1. The maximum Gasteiger partial charge on any atom is 0.221 e. The molecule has 0 amide bonds. The standard InChI is InChI=1S/C13H23N3O/c1-5-8-11(6-2)16-12-10(4)13(17-7-3)15-9-14-12/h9,11H,5-8H2,1-4H3,(H,14,15,16). The lowest BCUT2D eigenvalue weighted by molar-refractivity contribution is 0.323. The van der Waals surface area contributed by atoms with Crippen LogP contribution >= 0.6 is 0 Å². The summed E-state index contributed by atoms with van der Waals surface area (Å²) in [5.74, 6) is 1.57. The molecule has 0 aliphatic rings. The van der Waals surface area contributed by atoms with Crippen molar-refractivity contribution in [3.63, 3.8) is 0 Å². The summed E-state index contributed by atoms with van der Waals surface area (Å²) in [6, 6.07) is 0.475. The predicted octanol–water partition coefficient (Wildman–Crippen LogP) is 3.17. The van der Waals surface area contributed by atoms with E-state index < -0.39 is 0 Å². The molecule has 0 saturated heterocycles. The van der Waals surface area contributed by atoms with Gasteiger partial charge < -0.3 is 10.1 Å². The molecule has 0 spiro atoms. The molecule has 0 fully saturated rings. The second kappa shape index (κ2) is 7.09. The van der Waals surface area contributed by atoms with Crippen LogP contribution in [0.1, 0.15) is 45.6 Å². The highest BCUT2D eigenvalue weighted by atomic mass is 16.5. The first-order chi connectivity index (χ1) is 8.22. The molecule has 0 bridgehead atoms. The third-order valence-electron chi connectivity index (χ3n) is 2.79. The molecule has 1 aromatic heterocycles. The van der Waals surface area contributed by atoms with Crippen LogP contribution in [0.2, 0.25) is 0 Å². The summed E-state index contributed by atoms with van der Waals surface area (Å²) in [7, 11) is 0. The van der Waals surface area contributed by atoms with Crippen LogP contribution in [0.3, 0.4) is 0 Å². The van der Waals surface area contributed by atoms with Crippen molar-refractivity contribution in [2.75, 3.05) is 11.9 Å². The van der Waals surface area contributed by atoms with Crippen LogP contribution in [-0.4, -0.2) is 22.6 Å². The van der Waals surface area contributed by atoms with Crippen LogP contribution in [0.25, 0.3) is 0 Å². The van der Waals surface area contributed by atoms with E-state index in [1.807, 2.05) is 13.8 Å². The van der Waals surface area contributed by atoms with Crippen molar-refractivity contribution < 1.29 is 4.74 Å². The largest absolute Gasteiger partial charge is 0.478 e. The van der Waals surface area contributed by atoms with Crippen LogP contribution in [-0.2, 0) is 0 Å². The van der Waals surface area contributed by atoms with Crippen LogP contribution < -0.4 is 10.1 Å². The Labute approximate surface area is 104 Å². The van der Waals surface area contributed by atoms with Gasteiger partial charge in [0.05, 0.1) is 12.2 Å². The first-order valence-electron chi connectivity index (χ1n) is 6.43. The Morgan fingerprint density at radius 2 is 2.06 bits per heavy atom. The number of hydrogen-bond acceptors (Lipinski definition) is 4. The lowest BCUT2D eigenvalue weighted by atomic mass is 10.1. The number of anilines is 1. The van der Waals surface area contributed by atoms with Crippen molar-refractivity contribution in [2.24, 2.45) is 0 Å². The molecular weight excluding hydrogens is 214 g/mol. The van der Waals surface area contributed by atoms with E-state index in [0.29, 0.717) is 18.5 Å². The van der Waals surface area contributed by atoms with Gasteiger partial charge in [0.25, 0.3) is 0 Å². The highest BCUT2D eigenvalue weighted by Gasteiger charge is 2.11. The normalized spacial score (nSPS) is 12.2. The summed E-state index contributed by atoms with van der Waals surface area (Å²) in [6.07, 6.45) is 4.98. The summed E-state index contributed by atoms with van der Waals surface area (Å²) >= 11 is 0. The zero-order valence-electron chi connectivity index (χ0n) is 11.3. The fourth-order valence-corrected chi connectivity index (χ4v) is 1.78. The second-order valence-corrected chi connectivity index (χ2v) is 4.12. The van der Waals surface area contributed by atoms with Crippen molar-refractivity contribution >= 4 is 5.82 Å². The quantitative estimate of drug-likeness (QED) is 0.791. The van der Waals surface area contributed by atoms with E-state index in [2.05, 4.69) is 29.1 Å². The van der Waals surface area contributed by atoms with Gasteiger partial charge in [0.15, 0.2) is 0 Å². The first-order valence-corrected chi connectivity index (χ1v) is 6.43. The maximum atomic E-state index is 5.46. The van der Waals surface area contributed by atoms with Crippen LogP contribution in [0, 0.1) is 6.92 Å². The minimum Gasteiger partial charge on any atom is -0.478 e. The van der Waals surface area contributed by atoms with Gasteiger partial charge in [0, 0.05) is 6.04 Å². The molecule has 1 N–H and O–H groups in total. The molecule has 0 aromatic carbocycles. The average Bonchev–Trinajstić information content (AvgIpc) is 2.33. The molecule has 1 heterocycles. The Morgan fingerprint density at radius 1 is 1.29 bits per heavy atom. The topological polar surface area (TPSA) is 47.0 Å². The second-order valence-electron chi connectivity index (χ2n) is 4.12. The SMILES string of the molecule is CCCC(CC)Nc1ncnc(OCC)c1C. The van der Waals surface area contributed by atoms with Crippen molar-refractivity contribution in [1.29, 1.82) is 0 Å². The Bertz CT molecular complexity index is 341. The van der Waals surface area contributed by atoms with Gasteiger partial charge >= 0.3 is 0 Å². The van der Waals surface area contributed by atoms with E-state index in [1.165, 1.54) is 6.42 Å². The number of aromatic nitrogens is 2. The third kappa shape index (κ3) is 3.88. The Morgan fingerprint density at radius 3 is 2.65 bits per heavy atom.